The monoisotopic (exact) mass is 1010 g/mol. The zero-order valence-electron chi connectivity index (χ0n) is 41.7. The van der Waals surface area contributed by atoms with Crippen molar-refractivity contribution in [2.45, 2.75) is 40.0 Å². The molecule has 9 heteroatoms. The van der Waals surface area contributed by atoms with Crippen LogP contribution >= 0.6 is 0 Å². The van der Waals surface area contributed by atoms with Crippen molar-refractivity contribution in [3.8, 4) is 73.1 Å². The van der Waals surface area contributed by atoms with Gasteiger partial charge in [0.1, 0.15) is 0 Å². The molecule has 0 saturated heterocycles. The van der Waals surface area contributed by atoms with Crippen molar-refractivity contribution >= 4 is 43.6 Å². The van der Waals surface area contributed by atoms with E-state index < -0.39 is 23.5 Å². The number of fused-ring (bicyclic) bond motifs is 6. The first-order valence-corrected chi connectivity index (χ1v) is 24.8. The summed E-state index contributed by atoms with van der Waals surface area (Å²) in [6, 6.07) is 63.7. The molecule has 0 amide bonds. The van der Waals surface area contributed by atoms with Crippen LogP contribution in [0.15, 0.2) is 200 Å². The van der Waals surface area contributed by atoms with Gasteiger partial charge < -0.3 is 9.13 Å². The zero-order chi connectivity index (χ0) is 52.8. The number of aromatic nitrogens is 2. The predicted octanol–water partition coefficient (Wildman–Crippen LogP) is 19.4. The van der Waals surface area contributed by atoms with Crippen LogP contribution in [0.25, 0.3) is 111 Å². The van der Waals surface area contributed by atoms with Gasteiger partial charge in [0.2, 0.25) is 0 Å². The molecule has 2 heterocycles. The minimum atomic E-state index is -5.15. The van der Waals surface area contributed by atoms with E-state index in [1.54, 1.807) is 12.1 Å². The van der Waals surface area contributed by atoms with Gasteiger partial charge in [0.25, 0.3) is 0 Å². The second-order valence-electron chi connectivity index (χ2n) is 19.9. The molecule has 3 nitrogen and oxygen atoms in total. The molecule has 10 aromatic carbocycles. The first kappa shape index (κ1) is 47.8. The van der Waals surface area contributed by atoms with Crippen molar-refractivity contribution in [2.75, 3.05) is 0 Å². The predicted molar refractivity (Wildman–Crippen MR) is 296 cm³/mol. The lowest BCUT2D eigenvalue weighted by molar-refractivity contribution is -0.143. The van der Waals surface area contributed by atoms with E-state index >= 15 is 26.3 Å². The SMILES string of the molecule is Cc1ccc(-c2ccc3c(c2)c2cc(-c4ccc(C)cc4)ccc2n3-c2cc(C#N)cc(-n3c4ccc(-c5ccc(C)cc5)cc4c4cc(-c5ccc(C)cc5)ccc43)c2-c2cc(C(F)(F)F)cc(C(F)(F)F)c2)cc1. The van der Waals surface area contributed by atoms with Gasteiger partial charge in [-0.15, -0.1) is 0 Å². The summed E-state index contributed by atoms with van der Waals surface area (Å²) in [7, 11) is 0. The summed E-state index contributed by atoms with van der Waals surface area (Å²) in [6.45, 7) is 8.06. The molecule has 12 aromatic rings. The highest BCUT2D eigenvalue weighted by molar-refractivity contribution is 6.14. The third kappa shape index (κ3) is 8.46. The Hall–Kier alpha value is -9.13. The normalized spacial score (nSPS) is 12.1. The largest absolute Gasteiger partial charge is 0.416 e. The molecule has 0 aliphatic heterocycles. The molecule has 370 valence electrons. The number of aryl methyl sites for hydroxylation is 4. The second kappa shape index (κ2) is 18.1. The number of alkyl halides is 6. The molecule has 0 fully saturated rings. The maximum Gasteiger partial charge on any atom is 0.416 e. The summed E-state index contributed by atoms with van der Waals surface area (Å²) in [6.07, 6.45) is -10.3. The maximum absolute atomic E-state index is 15.1. The Bertz CT molecular complexity index is 3850. The van der Waals surface area contributed by atoms with Gasteiger partial charge in [0.05, 0.1) is 56.2 Å². The van der Waals surface area contributed by atoms with E-state index in [0.717, 1.165) is 100 Å². The quantitative estimate of drug-likeness (QED) is 0.147. The minimum absolute atomic E-state index is 0.0589. The number of hydrogen-bond donors (Lipinski definition) is 0. The lowest BCUT2D eigenvalue weighted by atomic mass is 9.94. The number of rotatable bonds is 7. The van der Waals surface area contributed by atoms with E-state index in [1.807, 2.05) is 182 Å². The molecule has 0 radical (unpaired) electrons. The minimum Gasteiger partial charge on any atom is -0.308 e. The van der Waals surface area contributed by atoms with Crippen LogP contribution in [0.1, 0.15) is 38.9 Å². The van der Waals surface area contributed by atoms with Gasteiger partial charge in [-0.25, -0.2) is 0 Å². The van der Waals surface area contributed by atoms with Crippen LogP contribution in [0.4, 0.5) is 26.3 Å². The van der Waals surface area contributed by atoms with Gasteiger partial charge in [-0.3, -0.25) is 0 Å². The smallest absolute Gasteiger partial charge is 0.308 e. The zero-order valence-corrected chi connectivity index (χ0v) is 41.7. The highest BCUT2D eigenvalue weighted by Crippen LogP contribution is 2.47. The molecular formula is C67H45F6N3. The molecule has 0 spiro atoms. The first-order chi connectivity index (χ1) is 36.5. The van der Waals surface area contributed by atoms with Crippen LogP contribution in [0, 0.1) is 39.0 Å². The fraction of sp³-hybridized carbons (Fsp3) is 0.0896. The fourth-order valence-corrected chi connectivity index (χ4v) is 10.7. The third-order valence-corrected chi connectivity index (χ3v) is 14.7. The van der Waals surface area contributed by atoms with Crippen LogP contribution in [-0.4, -0.2) is 9.13 Å². The van der Waals surface area contributed by atoms with E-state index in [-0.39, 0.29) is 34.1 Å². The van der Waals surface area contributed by atoms with Gasteiger partial charge >= 0.3 is 12.4 Å². The van der Waals surface area contributed by atoms with Crippen LogP contribution in [-0.2, 0) is 12.4 Å². The average molecular weight is 1010 g/mol. The Morgan fingerprint density at radius 1 is 0.316 bits per heavy atom. The summed E-state index contributed by atoms with van der Waals surface area (Å²) < 4.78 is 94.5. The lowest BCUT2D eigenvalue weighted by Crippen LogP contribution is -2.12. The molecule has 0 atom stereocenters. The van der Waals surface area contributed by atoms with Crippen molar-refractivity contribution in [3.05, 3.63) is 239 Å². The first-order valence-electron chi connectivity index (χ1n) is 24.8. The van der Waals surface area contributed by atoms with Gasteiger partial charge in [-0.1, -0.05) is 144 Å². The summed E-state index contributed by atoms with van der Waals surface area (Å²) in [5.41, 5.74) is 11.8. The molecule has 2 aromatic heterocycles. The Morgan fingerprint density at radius 3 is 0.829 bits per heavy atom. The van der Waals surface area contributed by atoms with Crippen molar-refractivity contribution in [1.29, 1.82) is 5.26 Å². The second-order valence-corrected chi connectivity index (χ2v) is 19.9. The number of hydrogen-bond acceptors (Lipinski definition) is 1. The molecule has 0 N–H and O–H groups in total. The summed E-state index contributed by atoms with van der Waals surface area (Å²) in [5, 5.41) is 14.2. The van der Waals surface area contributed by atoms with Crippen LogP contribution in [0.5, 0.6) is 0 Å². The summed E-state index contributed by atoms with van der Waals surface area (Å²) >= 11 is 0. The molecule has 76 heavy (non-hydrogen) atoms. The molecule has 0 aliphatic rings. The summed E-state index contributed by atoms with van der Waals surface area (Å²) in [4.78, 5) is 0. The van der Waals surface area contributed by atoms with Crippen molar-refractivity contribution in [2.24, 2.45) is 0 Å². The topological polar surface area (TPSA) is 33.6 Å². The van der Waals surface area contributed by atoms with Crippen LogP contribution in [0.2, 0.25) is 0 Å². The third-order valence-electron chi connectivity index (χ3n) is 14.7. The number of nitriles is 1. The van der Waals surface area contributed by atoms with Crippen LogP contribution in [0.3, 0.4) is 0 Å². The van der Waals surface area contributed by atoms with E-state index in [1.165, 1.54) is 0 Å². The number of benzene rings is 10. The summed E-state index contributed by atoms with van der Waals surface area (Å²) in [5.74, 6) is 0. The highest BCUT2D eigenvalue weighted by atomic mass is 19.4. The molecule has 12 rings (SSSR count). The number of nitrogens with zero attached hydrogens (tertiary/aromatic N) is 3. The lowest BCUT2D eigenvalue weighted by Gasteiger charge is -2.22. The molecule has 0 saturated carbocycles. The molecule has 0 unspecified atom stereocenters. The average Bonchev–Trinajstić information content (AvgIpc) is 4.05. The van der Waals surface area contributed by atoms with Crippen molar-refractivity contribution in [3.63, 3.8) is 0 Å². The van der Waals surface area contributed by atoms with Gasteiger partial charge in [0, 0.05) is 27.1 Å². The van der Waals surface area contributed by atoms with Crippen molar-refractivity contribution < 1.29 is 26.3 Å². The highest BCUT2D eigenvalue weighted by Gasteiger charge is 2.38. The standard InChI is InChI=1S/C67H45F6N3/c1-39-5-13-44(14-6-39)48-21-25-59-55(33-48)56-34-49(45-15-7-40(2)8-16-45)22-26-60(56)75(59)63-29-43(38-74)30-64(65(63)52-31-53(66(68,69)70)37-54(32-52)67(71,72)73)76-61-27-23-50(46-17-9-41(3)10-18-46)35-57(61)58-36-51(24-28-62(58)76)47-19-11-42(4)12-20-47/h5-37H,1-4H3. The Morgan fingerprint density at radius 2 is 0.579 bits per heavy atom. The fourth-order valence-electron chi connectivity index (χ4n) is 10.7. The van der Waals surface area contributed by atoms with E-state index in [4.69, 9.17) is 0 Å². The van der Waals surface area contributed by atoms with Crippen LogP contribution < -0.4 is 0 Å². The van der Waals surface area contributed by atoms with E-state index in [0.29, 0.717) is 22.1 Å². The van der Waals surface area contributed by atoms with Gasteiger partial charge in [-0.2, -0.15) is 31.6 Å². The van der Waals surface area contributed by atoms with Gasteiger partial charge in [0.15, 0.2) is 0 Å². The molecular weight excluding hydrogens is 961 g/mol. The Labute approximate surface area is 434 Å². The van der Waals surface area contributed by atoms with E-state index in [2.05, 4.69) is 30.3 Å². The Kier molecular flexibility index (Phi) is 11.4. The van der Waals surface area contributed by atoms with Crippen molar-refractivity contribution in [1.82, 2.24) is 9.13 Å². The Balaban J connectivity index is 1.23. The maximum atomic E-state index is 15.1. The van der Waals surface area contributed by atoms with Gasteiger partial charge in [-0.05, 0) is 157 Å². The molecule has 0 bridgehead atoms. The van der Waals surface area contributed by atoms with E-state index in [9.17, 15) is 5.26 Å². The molecule has 0 aliphatic carbocycles. The number of halogens is 6.